The Morgan fingerprint density at radius 2 is 1.95 bits per heavy atom. The molecular formula is C12H12ClN3O4. The Kier molecular flexibility index (Phi) is 3.71. The third kappa shape index (κ3) is 2.24. The fourth-order valence-electron chi connectivity index (χ4n) is 2.09. The number of fused-ring (bicyclic) bond motifs is 1. The first-order valence-corrected chi connectivity index (χ1v) is 6.35. The van der Waals surface area contributed by atoms with Crippen LogP contribution in [0.5, 0.6) is 0 Å². The van der Waals surface area contributed by atoms with Crippen LogP contribution in [0.25, 0.3) is 11.0 Å². The standard InChI is InChI=1S/C12H12ClN3O4/c1-5(2)12(17)6(3)7-4-8(13)9-10(15-20-14-9)11(7)16(18)19/h4-6H,1-3H3. The molecule has 0 N–H and O–H groups in total. The van der Waals surface area contributed by atoms with E-state index in [0.29, 0.717) is 0 Å². The zero-order chi connectivity index (χ0) is 15.0. The van der Waals surface area contributed by atoms with Crippen LogP contribution in [-0.2, 0) is 4.79 Å². The van der Waals surface area contributed by atoms with E-state index in [2.05, 4.69) is 14.9 Å². The normalized spacial score (nSPS) is 12.8. The Bertz CT molecular complexity index is 695. The lowest BCUT2D eigenvalue weighted by Crippen LogP contribution is -2.16. The predicted octanol–water partition coefficient (Wildman–Crippen LogP) is 3.11. The highest BCUT2D eigenvalue weighted by atomic mass is 35.5. The average molecular weight is 298 g/mol. The summed E-state index contributed by atoms with van der Waals surface area (Å²) in [5.74, 6) is -1.01. The maximum Gasteiger partial charge on any atom is 0.304 e. The van der Waals surface area contributed by atoms with Crippen molar-refractivity contribution in [2.24, 2.45) is 5.92 Å². The molecule has 1 aromatic carbocycles. The van der Waals surface area contributed by atoms with Crippen LogP contribution in [0.1, 0.15) is 32.3 Å². The molecule has 0 aliphatic rings. The van der Waals surface area contributed by atoms with Crippen LogP contribution in [-0.4, -0.2) is 21.0 Å². The molecule has 0 bridgehead atoms. The molecule has 1 atom stereocenters. The van der Waals surface area contributed by atoms with Gasteiger partial charge >= 0.3 is 5.69 Å². The minimum absolute atomic E-state index is 0.0408. The van der Waals surface area contributed by atoms with Crippen LogP contribution in [0.15, 0.2) is 10.7 Å². The number of carbonyl (C=O) groups excluding carboxylic acids is 1. The van der Waals surface area contributed by atoms with Gasteiger partial charge in [0.1, 0.15) is 5.78 Å². The number of benzene rings is 1. The molecule has 0 radical (unpaired) electrons. The molecule has 2 aromatic rings. The van der Waals surface area contributed by atoms with E-state index in [1.807, 2.05) is 0 Å². The monoisotopic (exact) mass is 297 g/mol. The molecule has 0 spiro atoms. The van der Waals surface area contributed by atoms with E-state index in [9.17, 15) is 14.9 Å². The van der Waals surface area contributed by atoms with E-state index < -0.39 is 10.8 Å². The van der Waals surface area contributed by atoms with E-state index in [0.717, 1.165) is 0 Å². The largest absolute Gasteiger partial charge is 0.304 e. The summed E-state index contributed by atoms with van der Waals surface area (Å²) in [6.45, 7) is 5.09. The Balaban J connectivity index is 2.72. The summed E-state index contributed by atoms with van der Waals surface area (Å²) in [6, 6.07) is 1.39. The van der Waals surface area contributed by atoms with Crippen molar-refractivity contribution >= 4 is 34.1 Å². The smallest absolute Gasteiger partial charge is 0.299 e. The molecule has 0 saturated heterocycles. The number of nitro groups is 1. The summed E-state index contributed by atoms with van der Waals surface area (Å²) >= 11 is 6.01. The van der Waals surface area contributed by atoms with Gasteiger partial charge in [0, 0.05) is 17.4 Å². The fraction of sp³-hybridized carbons (Fsp3) is 0.417. The van der Waals surface area contributed by atoms with Crippen LogP contribution in [0.4, 0.5) is 5.69 Å². The minimum Gasteiger partial charge on any atom is -0.299 e. The molecule has 7 nitrogen and oxygen atoms in total. The Morgan fingerprint density at radius 3 is 2.50 bits per heavy atom. The first kappa shape index (κ1) is 14.4. The second-order valence-electron chi connectivity index (χ2n) is 4.79. The van der Waals surface area contributed by atoms with E-state index in [4.69, 9.17) is 11.6 Å². The van der Waals surface area contributed by atoms with Gasteiger partial charge in [-0.2, -0.15) is 0 Å². The third-order valence-electron chi connectivity index (χ3n) is 3.14. The number of halogens is 1. The lowest BCUT2D eigenvalue weighted by Gasteiger charge is -2.13. The van der Waals surface area contributed by atoms with Crippen LogP contribution in [0.2, 0.25) is 5.02 Å². The van der Waals surface area contributed by atoms with E-state index in [1.54, 1.807) is 20.8 Å². The highest BCUT2D eigenvalue weighted by Crippen LogP contribution is 2.37. The quantitative estimate of drug-likeness (QED) is 0.635. The molecule has 0 amide bonds. The predicted molar refractivity (Wildman–Crippen MR) is 71.7 cm³/mol. The number of carbonyl (C=O) groups is 1. The maximum absolute atomic E-state index is 12.1. The van der Waals surface area contributed by atoms with Crippen LogP contribution in [0, 0.1) is 16.0 Å². The molecular weight excluding hydrogens is 286 g/mol. The molecule has 0 aliphatic heterocycles. The summed E-state index contributed by atoms with van der Waals surface area (Å²) in [5, 5.41) is 18.5. The minimum atomic E-state index is -0.658. The number of rotatable bonds is 4. The highest BCUT2D eigenvalue weighted by molar-refractivity contribution is 6.35. The van der Waals surface area contributed by atoms with Gasteiger partial charge < -0.3 is 0 Å². The second kappa shape index (κ2) is 5.16. The zero-order valence-corrected chi connectivity index (χ0v) is 11.8. The highest BCUT2D eigenvalue weighted by Gasteiger charge is 2.31. The third-order valence-corrected chi connectivity index (χ3v) is 3.43. The first-order chi connectivity index (χ1) is 9.34. The lowest BCUT2D eigenvalue weighted by molar-refractivity contribution is -0.384. The van der Waals surface area contributed by atoms with Crippen molar-refractivity contribution in [3.05, 3.63) is 26.8 Å². The molecule has 0 aliphatic carbocycles. The Hall–Kier alpha value is -2.02. The number of hydrogen-bond acceptors (Lipinski definition) is 6. The van der Waals surface area contributed by atoms with Gasteiger partial charge in [0.05, 0.1) is 9.95 Å². The molecule has 0 fully saturated rings. The molecule has 106 valence electrons. The van der Waals surface area contributed by atoms with Gasteiger partial charge in [0.25, 0.3) is 0 Å². The van der Waals surface area contributed by atoms with Crippen molar-refractivity contribution in [2.75, 3.05) is 0 Å². The van der Waals surface area contributed by atoms with E-state index in [-0.39, 0.29) is 39.0 Å². The Morgan fingerprint density at radius 1 is 1.35 bits per heavy atom. The molecule has 1 aromatic heterocycles. The number of nitrogens with zero attached hydrogens (tertiary/aromatic N) is 3. The van der Waals surface area contributed by atoms with Crippen molar-refractivity contribution in [3.8, 4) is 0 Å². The molecule has 8 heteroatoms. The van der Waals surface area contributed by atoms with Gasteiger partial charge in [-0.3, -0.25) is 14.9 Å². The van der Waals surface area contributed by atoms with E-state index >= 15 is 0 Å². The molecule has 0 saturated carbocycles. The second-order valence-corrected chi connectivity index (χ2v) is 5.20. The zero-order valence-electron chi connectivity index (χ0n) is 11.1. The van der Waals surface area contributed by atoms with Gasteiger partial charge in [-0.15, -0.1) is 0 Å². The lowest BCUT2D eigenvalue weighted by atomic mass is 9.89. The van der Waals surface area contributed by atoms with Crippen LogP contribution >= 0.6 is 11.6 Å². The summed E-state index contributed by atoms with van der Waals surface area (Å²) in [6.07, 6.45) is 0. The summed E-state index contributed by atoms with van der Waals surface area (Å²) < 4.78 is 4.51. The van der Waals surface area contributed by atoms with Crippen molar-refractivity contribution in [1.29, 1.82) is 0 Å². The van der Waals surface area contributed by atoms with E-state index in [1.165, 1.54) is 6.07 Å². The van der Waals surface area contributed by atoms with Crippen molar-refractivity contribution in [3.63, 3.8) is 0 Å². The van der Waals surface area contributed by atoms with Crippen LogP contribution < -0.4 is 0 Å². The summed E-state index contributed by atoms with van der Waals surface area (Å²) in [7, 11) is 0. The van der Waals surface area contributed by atoms with Gasteiger partial charge in [-0.25, -0.2) is 4.63 Å². The molecule has 20 heavy (non-hydrogen) atoms. The molecule has 2 rings (SSSR count). The SMILES string of the molecule is CC(C)C(=O)C(C)c1cc(Cl)c2nonc2c1[N+](=O)[O-]. The number of Topliss-reactive ketones (excluding diaryl/α,β-unsaturated/α-hetero) is 1. The van der Waals surface area contributed by atoms with Crippen molar-refractivity contribution in [1.82, 2.24) is 10.3 Å². The van der Waals surface area contributed by atoms with Gasteiger partial charge in [0.15, 0.2) is 5.52 Å². The first-order valence-electron chi connectivity index (χ1n) is 5.97. The number of ketones is 1. The van der Waals surface area contributed by atoms with Gasteiger partial charge in [-0.1, -0.05) is 32.4 Å². The fourth-order valence-corrected chi connectivity index (χ4v) is 2.33. The van der Waals surface area contributed by atoms with Crippen LogP contribution in [0.3, 0.4) is 0 Å². The van der Waals surface area contributed by atoms with Crippen molar-refractivity contribution < 1.29 is 14.3 Å². The maximum atomic E-state index is 12.1. The summed E-state index contributed by atoms with van der Waals surface area (Å²) in [5.41, 5.74) is 0.0151. The van der Waals surface area contributed by atoms with Crippen molar-refractivity contribution in [2.45, 2.75) is 26.7 Å². The Labute approximate surface area is 119 Å². The van der Waals surface area contributed by atoms with Gasteiger partial charge in [-0.05, 0) is 16.4 Å². The summed E-state index contributed by atoms with van der Waals surface area (Å²) in [4.78, 5) is 22.8. The number of hydrogen-bond donors (Lipinski definition) is 0. The molecule has 1 unspecified atom stereocenters. The number of nitro benzene ring substituents is 1. The topological polar surface area (TPSA) is 99.1 Å². The molecule has 1 heterocycles. The van der Waals surface area contributed by atoms with Gasteiger partial charge in [0.2, 0.25) is 5.52 Å². The number of aromatic nitrogens is 2. The average Bonchev–Trinajstić information content (AvgIpc) is 2.85.